The Morgan fingerprint density at radius 1 is 1.60 bits per heavy atom. The van der Waals surface area contributed by atoms with Crippen LogP contribution in [0.25, 0.3) is 0 Å². The van der Waals surface area contributed by atoms with Gasteiger partial charge in [-0.3, -0.25) is 4.79 Å². The molecule has 0 radical (unpaired) electrons. The zero-order valence-electron chi connectivity index (χ0n) is 9.71. The summed E-state index contributed by atoms with van der Waals surface area (Å²) in [6.45, 7) is 4.88. The Kier molecular flexibility index (Phi) is 5.65. The number of nitrogens with one attached hydrogen (secondary N) is 2. The number of hydrogen-bond acceptors (Lipinski definition) is 3. The molecule has 1 rings (SSSR count). The summed E-state index contributed by atoms with van der Waals surface area (Å²) in [5.74, 6) is 0.763. The summed E-state index contributed by atoms with van der Waals surface area (Å²) in [4.78, 5) is 11.0. The molecule has 0 bridgehead atoms. The molecule has 0 aromatic heterocycles. The second-order valence-electron chi connectivity index (χ2n) is 4.14. The SMILES string of the molecule is CNC(=O)CCCNC(C)C1CCOC1. The van der Waals surface area contributed by atoms with Crippen LogP contribution in [-0.2, 0) is 9.53 Å². The molecule has 4 nitrogen and oxygen atoms in total. The van der Waals surface area contributed by atoms with E-state index in [0.29, 0.717) is 18.4 Å². The van der Waals surface area contributed by atoms with Gasteiger partial charge in [0, 0.05) is 26.1 Å². The summed E-state index contributed by atoms with van der Waals surface area (Å²) in [6, 6.07) is 0.497. The minimum atomic E-state index is 0.119. The summed E-state index contributed by atoms with van der Waals surface area (Å²) in [6.07, 6.45) is 2.67. The first kappa shape index (κ1) is 12.5. The normalized spacial score (nSPS) is 22.7. The molecule has 0 spiro atoms. The van der Waals surface area contributed by atoms with Crippen molar-refractivity contribution in [3.05, 3.63) is 0 Å². The predicted molar refractivity (Wildman–Crippen MR) is 59.7 cm³/mol. The molecule has 1 fully saturated rings. The smallest absolute Gasteiger partial charge is 0.219 e. The lowest BCUT2D eigenvalue weighted by molar-refractivity contribution is -0.120. The van der Waals surface area contributed by atoms with Crippen LogP contribution in [0.3, 0.4) is 0 Å². The van der Waals surface area contributed by atoms with Crippen molar-refractivity contribution in [2.75, 3.05) is 26.8 Å². The molecular weight excluding hydrogens is 192 g/mol. The lowest BCUT2D eigenvalue weighted by Gasteiger charge is -2.18. The number of carbonyl (C=O) groups is 1. The summed E-state index contributed by atoms with van der Waals surface area (Å²) in [7, 11) is 1.67. The van der Waals surface area contributed by atoms with Crippen LogP contribution in [-0.4, -0.2) is 38.8 Å². The highest BCUT2D eigenvalue weighted by molar-refractivity contribution is 5.75. The molecule has 2 atom stereocenters. The van der Waals surface area contributed by atoms with Gasteiger partial charge < -0.3 is 15.4 Å². The van der Waals surface area contributed by atoms with E-state index in [1.807, 2.05) is 0 Å². The van der Waals surface area contributed by atoms with Gasteiger partial charge in [0.15, 0.2) is 0 Å². The first-order valence-corrected chi connectivity index (χ1v) is 5.75. The second-order valence-corrected chi connectivity index (χ2v) is 4.14. The van der Waals surface area contributed by atoms with Crippen molar-refractivity contribution in [2.24, 2.45) is 5.92 Å². The van der Waals surface area contributed by atoms with Gasteiger partial charge in [-0.05, 0) is 32.2 Å². The molecule has 2 N–H and O–H groups in total. The monoisotopic (exact) mass is 214 g/mol. The summed E-state index contributed by atoms with van der Waals surface area (Å²) in [5, 5.41) is 6.07. The zero-order valence-corrected chi connectivity index (χ0v) is 9.71. The standard InChI is InChI=1S/C11H22N2O2/c1-9(10-5-7-15-8-10)13-6-3-4-11(14)12-2/h9-10,13H,3-8H2,1-2H3,(H,12,14). The predicted octanol–water partition coefficient (Wildman–Crippen LogP) is 0.527. The van der Waals surface area contributed by atoms with E-state index in [1.165, 1.54) is 0 Å². The van der Waals surface area contributed by atoms with Crippen molar-refractivity contribution < 1.29 is 9.53 Å². The average Bonchev–Trinajstić information content (AvgIpc) is 2.77. The number of ether oxygens (including phenoxy) is 1. The third-order valence-electron chi connectivity index (χ3n) is 3.00. The van der Waals surface area contributed by atoms with Crippen molar-refractivity contribution >= 4 is 5.91 Å². The molecule has 1 aliphatic heterocycles. The molecule has 0 saturated carbocycles. The highest BCUT2D eigenvalue weighted by atomic mass is 16.5. The van der Waals surface area contributed by atoms with E-state index in [4.69, 9.17) is 4.74 Å². The second kappa shape index (κ2) is 6.80. The number of rotatable bonds is 6. The van der Waals surface area contributed by atoms with Gasteiger partial charge in [0.1, 0.15) is 0 Å². The van der Waals surface area contributed by atoms with E-state index in [9.17, 15) is 4.79 Å². The number of hydrogen-bond donors (Lipinski definition) is 2. The van der Waals surface area contributed by atoms with Crippen LogP contribution in [0.5, 0.6) is 0 Å². The third-order valence-corrected chi connectivity index (χ3v) is 3.00. The summed E-state index contributed by atoms with van der Waals surface area (Å²) >= 11 is 0. The Bertz CT molecular complexity index is 191. The molecule has 0 aromatic carbocycles. The van der Waals surface area contributed by atoms with E-state index in [0.717, 1.165) is 32.6 Å². The van der Waals surface area contributed by atoms with E-state index in [1.54, 1.807) is 7.05 Å². The van der Waals surface area contributed by atoms with Crippen molar-refractivity contribution in [1.82, 2.24) is 10.6 Å². The van der Waals surface area contributed by atoms with Crippen molar-refractivity contribution in [1.29, 1.82) is 0 Å². The van der Waals surface area contributed by atoms with E-state index in [-0.39, 0.29) is 5.91 Å². The molecule has 1 saturated heterocycles. The van der Waals surface area contributed by atoms with Crippen LogP contribution in [0.1, 0.15) is 26.2 Å². The fourth-order valence-corrected chi connectivity index (χ4v) is 1.82. The molecule has 0 aliphatic carbocycles. The maximum absolute atomic E-state index is 11.0. The van der Waals surface area contributed by atoms with Crippen LogP contribution >= 0.6 is 0 Å². The zero-order chi connectivity index (χ0) is 11.1. The molecule has 2 unspecified atom stereocenters. The summed E-state index contributed by atoms with van der Waals surface area (Å²) < 4.78 is 5.34. The minimum Gasteiger partial charge on any atom is -0.381 e. The first-order valence-electron chi connectivity index (χ1n) is 5.75. The van der Waals surface area contributed by atoms with Crippen LogP contribution in [0, 0.1) is 5.92 Å². The van der Waals surface area contributed by atoms with Gasteiger partial charge in [-0.25, -0.2) is 0 Å². The quantitative estimate of drug-likeness (QED) is 0.634. The van der Waals surface area contributed by atoms with Gasteiger partial charge in [0.25, 0.3) is 0 Å². The molecule has 88 valence electrons. The van der Waals surface area contributed by atoms with Gasteiger partial charge in [0.2, 0.25) is 5.91 Å². The topological polar surface area (TPSA) is 50.4 Å². The number of carbonyl (C=O) groups excluding carboxylic acids is 1. The Balaban J connectivity index is 2.01. The van der Waals surface area contributed by atoms with E-state index in [2.05, 4.69) is 17.6 Å². The van der Waals surface area contributed by atoms with Crippen molar-refractivity contribution in [3.8, 4) is 0 Å². The largest absolute Gasteiger partial charge is 0.381 e. The van der Waals surface area contributed by atoms with Gasteiger partial charge in [-0.1, -0.05) is 0 Å². The van der Waals surface area contributed by atoms with Crippen molar-refractivity contribution in [2.45, 2.75) is 32.2 Å². The van der Waals surface area contributed by atoms with Crippen LogP contribution in [0.2, 0.25) is 0 Å². The maximum Gasteiger partial charge on any atom is 0.219 e. The fraction of sp³-hybridized carbons (Fsp3) is 0.909. The molecule has 15 heavy (non-hydrogen) atoms. The van der Waals surface area contributed by atoms with Crippen LogP contribution < -0.4 is 10.6 Å². The third kappa shape index (κ3) is 4.62. The Morgan fingerprint density at radius 3 is 3.00 bits per heavy atom. The molecule has 4 heteroatoms. The van der Waals surface area contributed by atoms with Gasteiger partial charge in [-0.2, -0.15) is 0 Å². The van der Waals surface area contributed by atoms with Crippen LogP contribution in [0.4, 0.5) is 0 Å². The fourth-order valence-electron chi connectivity index (χ4n) is 1.82. The Hall–Kier alpha value is -0.610. The van der Waals surface area contributed by atoms with E-state index < -0.39 is 0 Å². The molecule has 1 amide bonds. The van der Waals surface area contributed by atoms with Crippen molar-refractivity contribution in [3.63, 3.8) is 0 Å². The Morgan fingerprint density at radius 2 is 2.40 bits per heavy atom. The molecule has 0 aromatic rings. The minimum absolute atomic E-state index is 0.119. The average molecular weight is 214 g/mol. The summed E-state index contributed by atoms with van der Waals surface area (Å²) in [5.41, 5.74) is 0. The highest BCUT2D eigenvalue weighted by Crippen LogP contribution is 2.16. The van der Waals surface area contributed by atoms with Gasteiger partial charge in [-0.15, -0.1) is 0 Å². The molecule has 1 heterocycles. The molecular formula is C11H22N2O2. The first-order chi connectivity index (χ1) is 7.24. The van der Waals surface area contributed by atoms with E-state index >= 15 is 0 Å². The number of amides is 1. The van der Waals surface area contributed by atoms with Gasteiger partial charge >= 0.3 is 0 Å². The highest BCUT2D eigenvalue weighted by Gasteiger charge is 2.21. The lowest BCUT2D eigenvalue weighted by Crippen LogP contribution is -2.34. The lowest BCUT2D eigenvalue weighted by atomic mass is 10.0. The maximum atomic E-state index is 11.0. The van der Waals surface area contributed by atoms with Gasteiger partial charge in [0.05, 0.1) is 6.61 Å². The van der Waals surface area contributed by atoms with Crippen LogP contribution in [0.15, 0.2) is 0 Å². The Labute approximate surface area is 91.8 Å². The molecule has 1 aliphatic rings.